The van der Waals surface area contributed by atoms with E-state index in [2.05, 4.69) is 30.3 Å². The maximum Gasteiger partial charge on any atom is 0.222 e. The molecule has 1 atom stereocenters. The van der Waals surface area contributed by atoms with Crippen molar-refractivity contribution in [2.45, 2.75) is 24.5 Å². The van der Waals surface area contributed by atoms with Gasteiger partial charge in [-0.1, -0.05) is 54.1 Å². The number of benzene rings is 2. The molecule has 0 N–H and O–H groups in total. The van der Waals surface area contributed by atoms with E-state index in [-0.39, 0.29) is 5.91 Å². The first-order chi connectivity index (χ1) is 11.7. The lowest BCUT2D eigenvalue weighted by molar-refractivity contribution is -0.130. The van der Waals surface area contributed by atoms with Crippen molar-refractivity contribution in [3.63, 3.8) is 0 Å². The molecule has 0 spiro atoms. The van der Waals surface area contributed by atoms with Crippen molar-refractivity contribution >= 4 is 29.3 Å². The molecule has 1 aliphatic heterocycles. The second-order valence-corrected chi connectivity index (χ2v) is 7.82. The van der Waals surface area contributed by atoms with Gasteiger partial charge in [-0.05, 0) is 36.1 Å². The summed E-state index contributed by atoms with van der Waals surface area (Å²) in [6.45, 7) is 1.70. The molecule has 1 amide bonds. The Hall–Kier alpha value is -1.45. The van der Waals surface area contributed by atoms with E-state index in [1.54, 1.807) is 0 Å². The van der Waals surface area contributed by atoms with E-state index < -0.39 is 0 Å². The van der Waals surface area contributed by atoms with Gasteiger partial charge in [0.15, 0.2) is 0 Å². The number of amides is 1. The summed E-state index contributed by atoms with van der Waals surface area (Å²) in [5, 5.41) is 1.23. The molecule has 3 rings (SSSR count). The van der Waals surface area contributed by atoms with Crippen molar-refractivity contribution in [2.75, 3.05) is 18.8 Å². The predicted molar refractivity (Wildman–Crippen MR) is 103 cm³/mol. The summed E-state index contributed by atoms with van der Waals surface area (Å²) in [7, 11) is 0. The molecular formula is C20H22ClNOS. The van der Waals surface area contributed by atoms with E-state index in [0.717, 1.165) is 42.3 Å². The number of carbonyl (C=O) groups excluding carboxylic acids is 1. The van der Waals surface area contributed by atoms with Gasteiger partial charge in [0.25, 0.3) is 0 Å². The Morgan fingerprint density at radius 1 is 1.12 bits per heavy atom. The third kappa shape index (κ3) is 4.78. The summed E-state index contributed by atoms with van der Waals surface area (Å²) in [4.78, 5) is 14.6. The van der Waals surface area contributed by atoms with Crippen LogP contribution >= 0.6 is 23.4 Å². The number of nitrogens with zero attached hydrogens (tertiary/aromatic N) is 1. The quantitative estimate of drug-likeness (QED) is 0.767. The summed E-state index contributed by atoms with van der Waals surface area (Å²) in [5.74, 6) is 1.26. The number of thioether (sulfide) groups is 1. The molecule has 1 aliphatic rings. The highest BCUT2D eigenvalue weighted by atomic mass is 35.5. The predicted octanol–water partition coefficient (Wildman–Crippen LogP) is 4.98. The largest absolute Gasteiger partial charge is 0.342 e. The Morgan fingerprint density at radius 3 is 2.75 bits per heavy atom. The minimum Gasteiger partial charge on any atom is -0.342 e. The van der Waals surface area contributed by atoms with E-state index in [4.69, 9.17) is 11.6 Å². The van der Waals surface area contributed by atoms with Crippen LogP contribution in [-0.4, -0.2) is 29.6 Å². The molecule has 4 heteroatoms. The molecule has 0 radical (unpaired) electrons. The third-order valence-corrected chi connectivity index (χ3v) is 5.95. The van der Waals surface area contributed by atoms with Crippen LogP contribution in [-0.2, 0) is 11.2 Å². The van der Waals surface area contributed by atoms with Crippen LogP contribution in [0.5, 0.6) is 0 Å². The monoisotopic (exact) mass is 359 g/mol. The highest BCUT2D eigenvalue weighted by Gasteiger charge is 2.21. The van der Waals surface area contributed by atoms with Crippen molar-refractivity contribution in [3.8, 4) is 0 Å². The average molecular weight is 360 g/mol. The molecule has 0 saturated carbocycles. The summed E-state index contributed by atoms with van der Waals surface area (Å²) in [6.07, 6.45) is 2.34. The van der Waals surface area contributed by atoms with Crippen LogP contribution in [0.25, 0.3) is 0 Å². The van der Waals surface area contributed by atoms with Crippen LogP contribution in [0.4, 0.5) is 0 Å². The minimum atomic E-state index is 0.254. The van der Waals surface area contributed by atoms with Gasteiger partial charge in [-0.3, -0.25) is 4.79 Å². The van der Waals surface area contributed by atoms with Crippen LogP contribution in [0.1, 0.15) is 29.2 Å². The summed E-state index contributed by atoms with van der Waals surface area (Å²) < 4.78 is 0. The van der Waals surface area contributed by atoms with Gasteiger partial charge in [0, 0.05) is 35.5 Å². The molecule has 1 saturated heterocycles. The zero-order valence-corrected chi connectivity index (χ0v) is 15.2. The number of aryl methyl sites for hydroxylation is 1. The molecule has 0 aliphatic carbocycles. The lowest BCUT2D eigenvalue weighted by Gasteiger charge is -2.20. The molecule has 0 bridgehead atoms. The van der Waals surface area contributed by atoms with Gasteiger partial charge in [0.1, 0.15) is 0 Å². The van der Waals surface area contributed by atoms with Gasteiger partial charge >= 0.3 is 0 Å². The molecule has 1 fully saturated rings. The zero-order valence-electron chi connectivity index (χ0n) is 13.7. The molecule has 2 nitrogen and oxygen atoms in total. The van der Waals surface area contributed by atoms with Crippen molar-refractivity contribution in [2.24, 2.45) is 0 Å². The Balaban J connectivity index is 1.53. The van der Waals surface area contributed by atoms with E-state index in [0.29, 0.717) is 11.7 Å². The summed E-state index contributed by atoms with van der Waals surface area (Å²) in [5.41, 5.74) is 2.50. The molecule has 1 heterocycles. The second-order valence-electron chi connectivity index (χ2n) is 6.07. The SMILES string of the molecule is O=C(CCc1cccc(Cl)c1)N1CCS[C@@H](c2ccccc2)CC1. The maximum absolute atomic E-state index is 12.5. The molecular weight excluding hydrogens is 338 g/mol. The van der Waals surface area contributed by atoms with Crippen LogP contribution < -0.4 is 0 Å². The number of hydrogen-bond acceptors (Lipinski definition) is 2. The van der Waals surface area contributed by atoms with Gasteiger partial charge in [-0.2, -0.15) is 11.8 Å². The topological polar surface area (TPSA) is 20.3 Å². The second kappa shape index (κ2) is 8.59. The number of rotatable bonds is 4. The van der Waals surface area contributed by atoms with Crippen LogP contribution in [0.3, 0.4) is 0 Å². The van der Waals surface area contributed by atoms with Gasteiger partial charge in [0.05, 0.1) is 0 Å². The smallest absolute Gasteiger partial charge is 0.222 e. The fraction of sp³-hybridized carbons (Fsp3) is 0.350. The molecule has 2 aromatic carbocycles. The Bertz CT molecular complexity index is 676. The molecule has 24 heavy (non-hydrogen) atoms. The fourth-order valence-corrected chi connectivity index (χ4v) is 4.50. The van der Waals surface area contributed by atoms with Gasteiger partial charge in [0.2, 0.25) is 5.91 Å². The Morgan fingerprint density at radius 2 is 1.96 bits per heavy atom. The van der Waals surface area contributed by atoms with E-state index in [9.17, 15) is 4.79 Å². The third-order valence-electron chi connectivity index (χ3n) is 4.38. The van der Waals surface area contributed by atoms with Crippen molar-refractivity contribution < 1.29 is 4.79 Å². The minimum absolute atomic E-state index is 0.254. The van der Waals surface area contributed by atoms with Crippen LogP contribution in [0, 0.1) is 0 Å². The average Bonchev–Trinajstić information content (AvgIpc) is 2.87. The van der Waals surface area contributed by atoms with E-state index in [1.807, 2.05) is 40.9 Å². The maximum atomic E-state index is 12.5. The first kappa shape index (κ1) is 17.4. The van der Waals surface area contributed by atoms with Crippen LogP contribution in [0.15, 0.2) is 54.6 Å². The summed E-state index contributed by atoms with van der Waals surface area (Å²) >= 11 is 7.97. The van der Waals surface area contributed by atoms with Crippen LogP contribution in [0.2, 0.25) is 5.02 Å². The first-order valence-electron chi connectivity index (χ1n) is 8.41. The van der Waals surface area contributed by atoms with E-state index in [1.165, 1.54) is 5.56 Å². The lowest BCUT2D eigenvalue weighted by Crippen LogP contribution is -2.33. The van der Waals surface area contributed by atoms with E-state index >= 15 is 0 Å². The highest BCUT2D eigenvalue weighted by Crippen LogP contribution is 2.34. The zero-order chi connectivity index (χ0) is 16.8. The Labute approximate surface area is 153 Å². The standard InChI is InChI=1S/C20H22ClNOS/c21-18-8-4-5-16(15-18)9-10-20(23)22-12-11-19(24-14-13-22)17-6-2-1-3-7-17/h1-8,15,19H,9-14H2/t19-/m1/s1. The fourth-order valence-electron chi connectivity index (χ4n) is 3.06. The van der Waals surface area contributed by atoms with Gasteiger partial charge < -0.3 is 4.90 Å². The highest BCUT2D eigenvalue weighted by molar-refractivity contribution is 7.99. The van der Waals surface area contributed by atoms with Crippen molar-refractivity contribution in [3.05, 3.63) is 70.7 Å². The van der Waals surface area contributed by atoms with Crippen molar-refractivity contribution in [1.29, 1.82) is 0 Å². The number of carbonyl (C=O) groups is 1. The van der Waals surface area contributed by atoms with Gasteiger partial charge in [-0.25, -0.2) is 0 Å². The molecule has 0 aromatic heterocycles. The van der Waals surface area contributed by atoms with Crippen molar-refractivity contribution in [1.82, 2.24) is 4.90 Å². The number of hydrogen-bond donors (Lipinski definition) is 0. The molecule has 2 aromatic rings. The molecule has 126 valence electrons. The van der Waals surface area contributed by atoms with Gasteiger partial charge in [-0.15, -0.1) is 0 Å². The molecule has 0 unspecified atom stereocenters. The Kier molecular flexibility index (Phi) is 6.22. The normalized spacial score (nSPS) is 18.2. The summed E-state index contributed by atoms with van der Waals surface area (Å²) in [6, 6.07) is 18.4. The number of halogens is 1. The first-order valence-corrected chi connectivity index (χ1v) is 9.84. The lowest BCUT2D eigenvalue weighted by atomic mass is 10.1.